The minimum atomic E-state index is -0.287. The van der Waals surface area contributed by atoms with Gasteiger partial charge < -0.3 is 14.4 Å². The molecule has 0 spiro atoms. The average Bonchev–Trinajstić information content (AvgIpc) is 2.82. The SMILES string of the molecule is O=C1OC(c2ccccc2)=C/C1=C\N1CCOCC1. The molecule has 0 radical (unpaired) electrons. The van der Waals surface area contributed by atoms with Gasteiger partial charge in [0, 0.05) is 24.9 Å². The molecule has 1 aromatic rings. The van der Waals surface area contributed by atoms with Crippen LogP contribution in [0.3, 0.4) is 0 Å². The predicted octanol–water partition coefficient (Wildman–Crippen LogP) is 1.80. The summed E-state index contributed by atoms with van der Waals surface area (Å²) in [5.74, 6) is 0.329. The lowest BCUT2D eigenvalue weighted by Gasteiger charge is -2.25. The molecule has 0 atom stereocenters. The molecule has 2 aliphatic rings. The number of cyclic esters (lactones) is 1. The summed E-state index contributed by atoms with van der Waals surface area (Å²) in [4.78, 5) is 13.9. The summed E-state index contributed by atoms with van der Waals surface area (Å²) in [5.41, 5.74) is 1.52. The molecule has 0 N–H and O–H groups in total. The number of nitrogens with zero attached hydrogens (tertiary/aromatic N) is 1. The van der Waals surface area contributed by atoms with Crippen molar-refractivity contribution in [2.75, 3.05) is 26.3 Å². The number of carbonyl (C=O) groups is 1. The maximum atomic E-state index is 11.8. The Morgan fingerprint density at radius 3 is 2.58 bits per heavy atom. The van der Waals surface area contributed by atoms with Gasteiger partial charge in [0.2, 0.25) is 0 Å². The number of carbonyl (C=O) groups excluding carboxylic acids is 1. The van der Waals surface area contributed by atoms with Crippen molar-refractivity contribution in [3.63, 3.8) is 0 Å². The number of rotatable bonds is 2. The molecule has 2 aliphatic heterocycles. The Morgan fingerprint density at radius 2 is 1.84 bits per heavy atom. The third kappa shape index (κ3) is 2.69. The van der Waals surface area contributed by atoms with Crippen LogP contribution in [-0.2, 0) is 14.3 Å². The van der Waals surface area contributed by atoms with Crippen LogP contribution in [0.4, 0.5) is 0 Å². The zero-order valence-electron chi connectivity index (χ0n) is 10.5. The molecule has 0 saturated carbocycles. The van der Waals surface area contributed by atoms with Crippen molar-refractivity contribution in [1.29, 1.82) is 0 Å². The monoisotopic (exact) mass is 257 g/mol. The molecule has 0 unspecified atom stereocenters. The fraction of sp³-hybridized carbons (Fsp3) is 0.267. The lowest BCUT2D eigenvalue weighted by atomic mass is 10.1. The van der Waals surface area contributed by atoms with Gasteiger partial charge in [0.05, 0.1) is 18.8 Å². The van der Waals surface area contributed by atoms with E-state index in [1.807, 2.05) is 36.5 Å². The summed E-state index contributed by atoms with van der Waals surface area (Å²) in [6, 6.07) is 9.64. The lowest BCUT2D eigenvalue weighted by molar-refractivity contribution is -0.131. The molecule has 0 aliphatic carbocycles. The molecular weight excluding hydrogens is 242 g/mol. The van der Waals surface area contributed by atoms with Crippen LogP contribution in [0, 0.1) is 0 Å². The van der Waals surface area contributed by atoms with Crippen molar-refractivity contribution in [1.82, 2.24) is 4.90 Å². The standard InChI is InChI=1S/C15H15NO3/c17-15-13(11-16-6-8-18-9-7-16)10-14(19-15)12-4-2-1-3-5-12/h1-5,10-11H,6-9H2/b13-11+. The molecule has 1 fully saturated rings. The van der Waals surface area contributed by atoms with Crippen molar-refractivity contribution in [2.24, 2.45) is 0 Å². The van der Waals surface area contributed by atoms with Crippen LogP contribution in [-0.4, -0.2) is 37.2 Å². The minimum absolute atomic E-state index is 0.287. The van der Waals surface area contributed by atoms with Crippen molar-refractivity contribution in [3.8, 4) is 0 Å². The van der Waals surface area contributed by atoms with Crippen LogP contribution in [0.2, 0.25) is 0 Å². The van der Waals surface area contributed by atoms with E-state index in [1.54, 1.807) is 6.08 Å². The first kappa shape index (κ1) is 12.0. The quantitative estimate of drug-likeness (QED) is 0.598. The average molecular weight is 257 g/mol. The Kier molecular flexibility index (Phi) is 3.33. The molecule has 2 heterocycles. The Hall–Kier alpha value is -2.07. The van der Waals surface area contributed by atoms with E-state index in [0.29, 0.717) is 24.5 Å². The third-order valence-corrected chi connectivity index (χ3v) is 3.15. The van der Waals surface area contributed by atoms with E-state index in [-0.39, 0.29) is 5.97 Å². The zero-order chi connectivity index (χ0) is 13.1. The summed E-state index contributed by atoms with van der Waals surface area (Å²) in [7, 11) is 0. The van der Waals surface area contributed by atoms with E-state index in [0.717, 1.165) is 18.7 Å². The van der Waals surface area contributed by atoms with Crippen molar-refractivity contribution in [2.45, 2.75) is 0 Å². The summed E-state index contributed by atoms with van der Waals surface area (Å²) in [6.45, 7) is 3.03. The highest BCUT2D eigenvalue weighted by atomic mass is 16.5. The predicted molar refractivity (Wildman–Crippen MR) is 71.0 cm³/mol. The van der Waals surface area contributed by atoms with Gasteiger partial charge in [-0.25, -0.2) is 4.79 Å². The van der Waals surface area contributed by atoms with Gasteiger partial charge in [0.25, 0.3) is 0 Å². The van der Waals surface area contributed by atoms with Gasteiger partial charge in [-0.15, -0.1) is 0 Å². The number of hydrogen-bond acceptors (Lipinski definition) is 4. The smallest absolute Gasteiger partial charge is 0.345 e. The van der Waals surface area contributed by atoms with Crippen LogP contribution in [0.25, 0.3) is 5.76 Å². The fourth-order valence-electron chi connectivity index (χ4n) is 2.13. The number of benzene rings is 1. The first-order chi connectivity index (χ1) is 9.33. The van der Waals surface area contributed by atoms with Gasteiger partial charge in [-0.2, -0.15) is 0 Å². The number of ether oxygens (including phenoxy) is 2. The maximum absolute atomic E-state index is 11.8. The van der Waals surface area contributed by atoms with E-state index in [2.05, 4.69) is 4.90 Å². The second-order valence-electron chi connectivity index (χ2n) is 4.50. The molecular formula is C15H15NO3. The molecule has 98 valence electrons. The first-order valence-electron chi connectivity index (χ1n) is 6.36. The Bertz CT molecular complexity index is 528. The summed E-state index contributed by atoms with van der Waals surface area (Å²) in [6.07, 6.45) is 3.66. The maximum Gasteiger partial charge on any atom is 0.345 e. The van der Waals surface area contributed by atoms with Crippen LogP contribution in [0.5, 0.6) is 0 Å². The van der Waals surface area contributed by atoms with Crippen LogP contribution in [0.1, 0.15) is 5.56 Å². The van der Waals surface area contributed by atoms with Gasteiger partial charge >= 0.3 is 5.97 Å². The highest BCUT2D eigenvalue weighted by Gasteiger charge is 2.23. The van der Waals surface area contributed by atoms with E-state index in [9.17, 15) is 4.79 Å². The van der Waals surface area contributed by atoms with Gasteiger partial charge in [0.1, 0.15) is 5.76 Å². The summed E-state index contributed by atoms with van der Waals surface area (Å²) in [5, 5.41) is 0. The largest absolute Gasteiger partial charge is 0.422 e. The van der Waals surface area contributed by atoms with Gasteiger partial charge in [-0.05, 0) is 6.08 Å². The summed E-state index contributed by atoms with van der Waals surface area (Å²) < 4.78 is 10.6. The first-order valence-corrected chi connectivity index (χ1v) is 6.36. The Balaban J connectivity index is 1.81. The molecule has 3 rings (SSSR count). The second kappa shape index (κ2) is 5.28. The zero-order valence-corrected chi connectivity index (χ0v) is 10.5. The highest BCUT2D eigenvalue weighted by Crippen LogP contribution is 2.26. The van der Waals surface area contributed by atoms with E-state index >= 15 is 0 Å². The van der Waals surface area contributed by atoms with E-state index < -0.39 is 0 Å². The van der Waals surface area contributed by atoms with Crippen LogP contribution < -0.4 is 0 Å². The molecule has 1 saturated heterocycles. The van der Waals surface area contributed by atoms with E-state index in [1.165, 1.54) is 0 Å². The molecule has 0 bridgehead atoms. The topological polar surface area (TPSA) is 38.8 Å². The molecule has 19 heavy (non-hydrogen) atoms. The molecule has 1 aromatic carbocycles. The molecule has 0 amide bonds. The third-order valence-electron chi connectivity index (χ3n) is 3.15. The Labute approximate surface area is 111 Å². The number of hydrogen-bond donors (Lipinski definition) is 0. The van der Waals surface area contributed by atoms with Gasteiger partial charge in [0.15, 0.2) is 0 Å². The van der Waals surface area contributed by atoms with E-state index in [4.69, 9.17) is 9.47 Å². The normalized spacial score (nSPS) is 21.5. The van der Waals surface area contributed by atoms with Crippen molar-refractivity contribution in [3.05, 3.63) is 53.7 Å². The fourth-order valence-corrected chi connectivity index (χ4v) is 2.13. The molecule has 0 aromatic heterocycles. The molecule has 4 nitrogen and oxygen atoms in total. The number of esters is 1. The van der Waals surface area contributed by atoms with Crippen LogP contribution in [0.15, 0.2) is 48.2 Å². The Morgan fingerprint density at radius 1 is 1.11 bits per heavy atom. The second-order valence-corrected chi connectivity index (χ2v) is 4.50. The van der Waals surface area contributed by atoms with Gasteiger partial charge in [-0.1, -0.05) is 30.3 Å². The van der Waals surface area contributed by atoms with Gasteiger partial charge in [-0.3, -0.25) is 0 Å². The van der Waals surface area contributed by atoms with Crippen LogP contribution >= 0.6 is 0 Å². The van der Waals surface area contributed by atoms with Crippen molar-refractivity contribution >= 4 is 11.7 Å². The highest BCUT2D eigenvalue weighted by molar-refractivity contribution is 6.01. The van der Waals surface area contributed by atoms with Crippen molar-refractivity contribution < 1.29 is 14.3 Å². The minimum Gasteiger partial charge on any atom is -0.422 e. The molecule has 4 heteroatoms. The number of morpholine rings is 1. The lowest BCUT2D eigenvalue weighted by Crippen LogP contribution is -2.32. The summed E-state index contributed by atoms with van der Waals surface area (Å²) >= 11 is 0.